The van der Waals surface area contributed by atoms with Crippen LogP contribution in [0.1, 0.15) is 61.9 Å². The molecule has 2 N–H and O–H groups in total. The molecule has 0 aliphatic carbocycles. The molecule has 30 heavy (non-hydrogen) atoms. The summed E-state index contributed by atoms with van der Waals surface area (Å²) in [5.41, 5.74) is 5.56. The van der Waals surface area contributed by atoms with Gasteiger partial charge in [-0.25, -0.2) is 4.98 Å². The second-order valence-corrected chi connectivity index (χ2v) is 9.85. The van der Waals surface area contributed by atoms with Crippen LogP contribution in [0.2, 0.25) is 0 Å². The maximum Gasteiger partial charge on any atom is 0.125 e. The molecule has 8 heteroatoms. The quantitative estimate of drug-likeness (QED) is 0.485. The first-order valence-electron chi connectivity index (χ1n) is 10.2. The van der Waals surface area contributed by atoms with Gasteiger partial charge in [0.05, 0.1) is 36.5 Å². The normalized spacial score (nSPS) is 23.3. The summed E-state index contributed by atoms with van der Waals surface area (Å²) in [6.07, 6.45) is 3.66. The predicted octanol–water partition coefficient (Wildman–Crippen LogP) is 4.67. The largest absolute Gasteiger partial charge is 0.367 e. The lowest BCUT2D eigenvalue weighted by atomic mass is 9.94. The third-order valence-electron chi connectivity index (χ3n) is 5.90. The van der Waals surface area contributed by atoms with Crippen LogP contribution in [0, 0.1) is 6.92 Å². The van der Waals surface area contributed by atoms with Crippen molar-refractivity contribution in [2.75, 3.05) is 13.2 Å². The zero-order valence-corrected chi connectivity index (χ0v) is 18.2. The predicted molar refractivity (Wildman–Crippen MR) is 116 cm³/mol. The molecule has 154 valence electrons. The van der Waals surface area contributed by atoms with E-state index in [1.165, 1.54) is 20.9 Å². The number of nitrogens with one attached hydrogen (secondary N) is 2. The number of aryl methyl sites for hydroxylation is 1. The number of H-pyrrole nitrogens is 2. The molecular formula is C22H22N4O2S2. The minimum absolute atomic E-state index is 0.0332. The van der Waals surface area contributed by atoms with Crippen LogP contribution in [0.3, 0.4) is 0 Å². The van der Waals surface area contributed by atoms with Gasteiger partial charge in [0.1, 0.15) is 18.0 Å². The SMILES string of the molecule is Cc1cc(C2OCC(Cc3ncc(C4OCCc5sccc54)[nH]3)c3sccc32)[nH]n1. The highest BCUT2D eigenvalue weighted by Crippen LogP contribution is 2.42. The van der Waals surface area contributed by atoms with E-state index in [1.54, 1.807) is 11.3 Å². The minimum Gasteiger partial charge on any atom is -0.367 e. The molecule has 6 heterocycles. The van der Waals surface area contributed by atoms with Gasteiger partial charge in [0, 0.05) is 39.6 Å². The molecular weight excluding hydrogens is 416 g/mol. The van der Waals surface area contributed by atoms with Crippen molar-refractivity contribution < 1.29 is 9.47 Å². The number of thiophene rings is 2. The average Bonchev–Trinajstić information content (AvgIpc) is 3.54. The summed E-state index contributed by atoms with van der Waals surface area (Å²) in [7, 11) is 0. The van der Waals surface area contributed by atoms with Crippen LogP contribution in [0.5, 0.6) is 0 Å². The summed E-state index contributed by atoms with van der Waals surface area (Å²) in [4.78, 5) is 11.0. The molecule has 0 spiro atoms. The second kappa shape index (κ2) is 7.46. The van der Waals surface area contributed by atoms with E-state index in [0.29, 0.717) is 12.5 Å². The van der Waals surface area contributed by atoms with E-state index in [4.69, 9.17) is 9.47 Å². The van der Waals surface area contributed by atoms with Gasteiger partial charge in [-0.05, 0) is 35.9 Å². The van der Waals surface area contributed by atoms with E-state index in [9.17, 15) is 0 Å². The zero-order valence-electron chi connectivity index (χ0n) is 16.6. The molecule has 2 aliphatic heterocycles. The van der Waals surface area contributed by atoms with Gasteiger partial charge >= 0.3 is 0 Å². The molecule has 0 amide bonds. The summed E-state index contributed by atoms with van der Waals surface area (Å²) < 4.78 is 12.3. The summed E-state index contributed by atoms with van der Waals surface area (Å²) in [6.45, 7) is 3.42. The van der Waals surface area contributed by atoms with E-state index < -0.39 is 0 Å². The Bertz CT molecular complexity index is 1170. The topological polar surface area (TPSA) is 75.8 Å². The summed E-state index contributed by atoms with van der Waals surface area (Å²) >= 11 is 3.62. The van der Waals surface area contributed by atoms with Crippen LogP contribution in [-0.2, 0) is 22.3 Å². The van der Waals surface area contributed by atoms with Crippen molar-refractivity contribution in [1.82, 2.24) is 20.2 Å². The molecule has 6 nitrogen and oxygen atoms in total. The molecule has 4 aromatic rings. The molecule has 4 aromatic heterocycles. The number of ether oxygens (including phenoxy) is 2. The number of nitrogens with zero attached hydrogens (tertiary/aromatic N) is 2. The minimum atomic E-state index is -0.0662. The lowest BCUT2D eigenvalue weighted by molar-refractivity contribution is 0.0518. The van der Waals surface area contributed by atoms with Crippen molar-refractivity contribution in [2.24, 2.45) is 0 Å². The third kappa shape index (κ3) is 3.15. The van der Waals surface area contributed by atoms with Crippen LogP contribution in [0.15, 0.2) is 35.2 Å². The molecule has 3 unspecified atom stereocenters. The van der Waals surface area contributed by atoms with Gasteiger partial charge in [-0.15, -0.1) is 22.7 Å². The van der Waals surface area contributed by atoms with Crippen molar-refractivity contribution in [1.29, 1.82) is 0 Å². The molecule has 2 aliphatic rings. The van der Waals surface area contributed by atoms with Gasteiger partial charge < -0.3 is 14.5 Å². The Morgan fingerprint density at radius 2 is 1.97 bits per heavy atom. The van der Waals surface area contributed by atoms with Crippen LogP contribution in [0.25, 0.3) is 0 Å². The van der Waals surface area contributed by atoms with Gasteiger partial charge in [-0.3, -0.25) is 5.10 Å². The number of aromatic amines is 2. The Hall–Kier alpha value is -2.26. The Kier molecular flexibility index (Phi) is 4.60. The van der Waals surface area contributed by atoms with Crippen molar-refractivity contribution in [3.63, 3.8) is 0 Å². The summed E-state index contributed by atoms with van der Waals surface area (Å²) in [6, 6.07) is 6.41. The van der Waals surface area contributed by atoms with Crippen molar-refractivity contribution in [3.05, 3.63) is 78.9 Å². The van der Waals surface area contributed by atoms with Gasteiger partial charge in [-0.1, -0.05) is 0 Å². The van der Waals surface area contributed by atoms with E-state index in [1.807, 2.05) is 24.5 Å². The molecule has 0 aromatic carbocycles. The molecule has 0 radical (unpaired) electrons. The third-order valence-corrected chi connectivity index (χ3v) is 7.99. The fourth-order valence-corrected chi connectivity index (χ4v) is 6.40. The Morgan fingerprint density at radius 1 is 1.10 bits per heavy atom. The first kappa shape index (κ1) is 18.5. The molecule has 6 rings (SSSR count). The Morgan fingerprint density at radius 3 is 2.87 bits per heavy atom. The number of rotatable bonds is 4. The number of imidazole rings is 1. The fourth-order valence-electron chi connectivity index (χ4n) is 4.50. The number of aromatic nitrogens is 4. The first-order chi connectivity index (χ1) is 14.8. The highest BCUT2D eigenvalue weighted by molar-refractivity contribution is 7.10. The van der Waals surface area contributed by atoms with Gasteiger partial charge in [-0.2, -0.15) is 5.10 Å². The first-order valence-corrected chi connectivity index (χ1v) is 11.9. The van der Waals surface area contributed by atoms with E-state index in [2.05, 4.69) is 49.1 Å². The molecule has 0 fully saturated rings. The lowest BCUT2D eigenvalue weighted by Crippen LogP contribution is -2.22. The Labute approximate surface area is 182 Å². The summed E-state index contributed by atoms with van der Waals surface area (Å²) in [5, 5.41) is 11.7. The van der Waals surface area contributed by atoms with Gasteiger partial charge in [0.25, 0.3) is 0 Å². The zero-order chi connectivity index (χ0) is 20.1. The van der Waals surface area contributed by atoms with Crippen LogP contribution < -0.4 is 0 Å². The van der Waals surface area contributed by atoms with Gasteiger partial charge in [0.2, 0.25) is 0 Å². The monoisotopic (exact) mass is 438 g/mol. The van der Waals surface area contributed by atoms with Gasteiger partial charge in [0.15, 0.2) is 0 Å². The van der Waals surface area contributed by atoms with Crippen LogP contribution in [0.4, 0.5) is 0 Å². The molecule has 0 saturated heterocycles. The highest BCUT2D eigenvalue weighted by atomic mass is 32.1. The maximum atomic E-state index is 6.28. The molecule has 3 atom stereocenters. The average molecular weight is 439 g/mol. The molecule has 0 bridgehead atoms. The van der Waals surface area contributed by atoms with E-state index in [0.717, 1.165) is 42.4 Å². The van der Waals surface area contributed by atoms with Crippen molar-refractivity contribution in [3.8, 4) is 0 Å². The smallest absolute Gasteiger partial charge is 0.125 e. The van der Waals surface area contributed by atoms with Crippen molar-refractivity contribution >= 4 is 22.7 Å². The number of hydrogen-bond acceptors (Lipinski definition) is 6. The van der Waals surface area contributed by atoms with E-state index >= 15 is 0 Å². The van der Waals surface area contributed by atoms with Crippen molar-refractivity contribution in [2.45, 2.75) is 37.9 Å². The van der Waals surface area contributed by atoms with E-state index in [-0.39, 0.29) is 12.2 Å². The fraction of sp³-hybridized carbons (Fsp3) is 0.364. The van der Waals surface area contributed by atoms with Crippen LogP contribution >= 0.6 is 22.7 Å². The highest BCUT2D eigenvalue weighted by Gasteiger charge is 2.32. The Balaban J connectivity index is 1.23. The van der Waals surface area contributed by atoms with Crippen LogP contribution in [-0.4, -0.2) is 33.4 Å². The lowest BCUT2D eigenvalue weighted by Gasteiger charge is -2.28. The summed E-state index contributed by atoms with van der Waals surface area (Å²) in [5.74, 6) is 1.28. The number of hydrogen-bond donors (Lipinski definition) is 2. The standard InChI is InChI=1S/C22H22N4O2S2/c1-12-8-16(26-25-12)21-15-4-7-30-22(15)13(11-28-21)9-19-23-10-17(24-19)20-14-3-6-29-18(14)2-5-27-20/h3-4,6-8,10,13,20-21H,2,5,9,11H2,1H3,(H,23,24)(H,25,26). The number of fused-ring (bicyclic) bond motifs is 2. The maximum absolute atomic E-state index is 6.28. The molecule has 0 saturated carbocycles. The second-order valence-electron chi connectivity index (χ2n) is 7.90.